The highest BCUT2D eigenvalue weighted by molar-refractivity contribution is 7.86. The molecule has 4 N–H and O–H groups in total. The van der Waals surface area contributed by atoms with Crippen LogP contribution in [-0.4, -0.2) is 86.8 Å². The SMILES string of the molecule is CC1(C)C(/C=C/C2=C(c3ccccc3)C(=C/C=C3/N(CCCCS(=O)(=O)O)c4ccc(S(=O)(=O)O)cc4C3(C)C)/CCC2)=[N+](CCCCS(=O)(=O)O)c2ccc(S(=O)(=O)O)cc21. The summed E-state index contributed by atoms with van der Waals surface area (Å²) in [5, 5.41) is 0. The molecule has 0 amide bonds. The van der Waals surface area contributed by atoms with Gasteiger partial charge in [0.05, 0.1) is 26.7 Å². The lowest BCUT2D eigenvalue weighted by atomic mass is 9.79. The minimum atomic E-state index is -4.50. The number of allylic oxidation sites excluding steroid dienone is 8. The van der Waals surface area contributed by atoms with Gasteiger partial charge in [0.25, 0.3) is 40.5 Å². The first kappa shape index (κ1) is 47.2. The first-order valence-electron chi connectivity index (χ1n) is 20.2. The largest absolute Gasteiger partial charge is 0.344 e. The molecule has 6 rings (SSSR count). The zero-order valence-corrected chi connectivity index (χ0v) is 38.3. The highest BCUT2D eigenvalue weighted by Crippen LogP contribution is 2.49. The predicted molar refractivity (Wildman–Crippen MR) is 240 cm³/mol. The molecule has 0 spiro atoms. The Kier molecular flexibility index (Phi) is 13.5. The number of fused-ring (bicyclic) bond motifs is 2. The highest BCUT2D eigenvalue weighted by atomic mass is 32.2. The Bertz CT molecular complexity index is 2880. The quantitative estimate of drug-likeness (QED) is 0.0615. The van der Waals surface area contributed by atoms with Crippen molar-refractivity contribution in [2.24, 2.45) is 0 Å². The van der Waals surface area contributed by atoms with Crippen molar-refractivity contribution >= 4 is 63.1 Å². The average molecular weight is 930 g/mol. The summed E-state index contributed by atoms with van der Waals surface area (Å²) in [5.74, 6) is -0.799. The van der Waals surface area contributed by atoms with Crippen LogP contribution in [0.25, 0.3) is 5.57 Å². The maximum Gasteiger partial charge on any atom is 0.294 e. The number of anilines is 1. The lowest BCUT2D eigenvalue weighted by Gasteiger charge is -2.28. The van der Waals surface area contributed by atoms with E-state index in [4.69, 9.17) is 0 Å². The maximum absolute atomic E-state index is 12.2. The summed E-state index contributed by atoms with van der Waals surface area (Å²) in [6, 6.07) is 18.8. The minimum Gasteiger partial charge on any atom is -0.344 e. The smallest absolute Gasteiger partial charge is 0.294 e. The Balaban J connectivity index is 1.46. The van der Waals surface area contributed by atoms with E-state index in [0.29, 0.717) is 48.4 Å². The Morgan fingerprint density at radius 1 is 0.661 bits per heavy atom. The molecule has 0 saturated heterocycles. The fourth-order valence-corrected chi connectivity index (χ4v) is 11.0. The summed E-state index contributed by atoms with van der Waals surface area (Å²) >= 11 is 0. The maximum atomic E-state index is 12.2. The van der Waals surface area contributed by atoms with Gasteiger partial charge in [-0.2, -0.15) is 38.2 Å². The molecule has 18 heteroatoms. The van der Waals surface area contributed by atoms with Crippen molar-refractivity contribution in [2.45, 2.75) is 93.3 Å². The van der Waals surface area contributed by atoms with Crippen LogP contribution in [0.3, 0.4) is 0 Å². The number of unbranched alkanes of at least 4 members (excludes halogenated alkanes) is 2. The minimum absolute atomic E-state index is 0.198. The van der Waals surface area contributed by atoms with Crippen molar-refractivity contribution in [3.05, 3.63) is 125 Å². The molecule has 62 heavy (non-hydrogen) atoms. The van der Waals surface area contributed by atoms with Gasteiger partial charge in [-0.05, 0) is 117 Å². The summed E-state index contributed by atoms with van der Waals surface area (Å²) < 4.78 is 135. The molecule has 0 radical (unpaired) electrons. The van der Waals surface area contributed by atoms with E-state index in [2.05, 4.69) is 12.2 Å². The zero-order valence-electron chi connectivity index (χ0n) is 35.0. The lowest BCUT2D eigenvalue weighted by molar-refractivity contribution is -0.438. The predicted octanol–water partition coefficient (Wildman–Crippen LogP) is 7.69. The molecule has 2 heterocycles. The molecular weight excluding hydrogens is 877 g/mol. The van der Waals surface area contributed by atoms with Crippen LogP contribution in [0.4, 0.5) is 11.4 Å². The zero-order chi connectivity index (χ0) is 45.5. The van der Waals surface area contributed by atoms with Gasteiger partial charge < -0.3 is 4.90 Å². The summed E-state index contributed by atoms with van der Waals surface area (Å²) in [7, 11) is -17.3. The second kappa shape index (κ2) is 17.7. The normalized spacial score (nSPS) is 19.3. The van der Waals surface area contributed by atoms with Crippen LogP contribution in [0.2, 0.25) is 0 Å². The molecule has 0 bridgehead atoms. The molecule has 0 saturated carbocycles. The van der Waals surface area contributed by atoms with Gasteiger partial charge in [-0.15, -0.1) is 0 Å². The van der Waals surface area contributed by atoms with E-state index < -0.39 is 62.8 Å². The van der Waals surface area contributed by atoms with Crippen LogP contribution in [-0.2, 0) is 51.3 Å². The van der Waals surface area contributed by atoms with Crippen LogP contribution >= 0.6 is 0 Å². The molecular formula is C44H53N2O12S4+. The summed E-state index contributed by atoms with van der Waals surface area (Å²) in [4.78, 5) is 1.54. The molecule has 334 valence electrons. The van der Waals surface area contributed by atoms with Gasteiger partial charge in [-0.1, -0.05) is 56.3 Å². The Morgan fingerprint density at radius 2 is 1.26 bits per heavy atom. The standard InChI is InChI=1S/C44H52N2O12S4/c1-43(2)36-29-34(61(53,54)55)19-21-38(36)45(25-8-10-27-59(47,48)49)40(43)23-17-32-15-12-16-33(42(32)31-13-6-5-7-14-31)18-24-41-44(3,4)37-30-35(62(56,57)58)20-22-39(37)46(41)26-9-11-28-60(50,51)52/h5-7,13-14,17-24,29-30H,8-12,15-16,25-28H2,1-4H3,(H3-,47,48,49,50,51,52,53,54,55,56,57,58)/p+1. The third-order valence-electron chi connectivity index (χ3n) is 11.9. The lowest BCUT2D eigenvalue weighted by Crippen LogP contribution is -2.28. The van der Waals surface area contributed by atoms with E-state index in [1.54, 1.807) is 12.1 Å². The van der Waals surface area contributed by atoms with Gasteiger partial charge in [0, 0.05) is 47.5 Å². The fraction of sp³-hybridized carbons (Fsp3) is 0.386. The van der Waals surface area contributed by atoms with Gasteiger partial charge in [-0.3, -0.25) is 18.2 Å². The van der Waals surface area contributed by atoms with E-state index in [-0.39, 0.29) is 22.6 Å². The molecule has 0 aromatic heterocycles. The van der Waals surface area contributed by atoms with Gasteiger partial charge >= 0.3 is 0 Å². The Morgan fingerprint density at radius 3 is 1.87 bits per heavy atom. The average Bonchev–Trinajstić information content (AvgIpc) is 3.52. The van der Waals surface area contributed by atoms with Crippen LogP contribution in [0.1, 0.15) is 89.3 Å². The van der Waals surface area contributed by atoms with E-state index in [9.17, 15) is 51.9 Å². The molecule has 14 nitrogen and oxygen atoms in total. The third kappa shape index (κ3) is 10.6. The van der Waals surface area contributed by atoms with E-state index in [1.807, 2.05) is 79.7 Å². The Labute approximate surface area is 365 Å². The highest BCUT2D eigenvalue weighted by Gasteiger charge is 2.45. The van der Waals surface area contributed by atoms with Gasteiger partial charge in [0.1, 0.15) is 6.54 Å². The van der Waals surface area contributed by atoms with Crippen molar-refractivity contribution in [1.82, 2.24) is 0 Å². The first-order valence-corrected chi connectivity index (χ1v) is 26.3. The first-order chi connectivity index (χ1) is 28.8. The second-order valence-corrected chi connectivity index (χ2v) is 22.9. The topological polar surface area (TPSA) is 224 Å². The molecule has 0 fully saturated rings. The second-order valence-electron chi connectivity index (χ2n) is 16.9. The number of hydrogen-bond acceptors (Lipinski definition) is 9. The number of rotatable bonds is 16. The third-order valence-corrected chi connectivity index (χ3v) is 15.2. The van der Waals surface area contributed by atoms with Gasteiger partial charge in [0.2, 0.25) is 5.69 Å². The van der Waals surface area contributed by atoms with Crippen molar-refractivity contribution in [1.29, 1.82) is 0 Å². The Hall–Kier alpha value is -4.27. The summed E-state index contributed by atoms with van der Waals surface area (Å²) in [5.41, 5.74) is 6.97. The van der Waals surface area contributed by atoms with E-state index in [0.717, 1.165) is 53.0 Å². The summed E-state index contributed by atoms with van der Waals surface area (Å²) in [6.07, 6.45) is 11.6. The van der Waals surface area contributed by atoms with Crippen LogP contribution in [0, 0.1) is 0 Å². The van der Waals surface area contributed by atoms with Gasteiger partial charge in [0.15, 0.2) is 5.71 Å². The van der Waals surface area contributed by atoms with Gasteiger partial charge in [-0.25, -0.2) is 0 Å². The number of hydrogen-bond donors (Lipinski definition) is 4. The molecule has 1 aliphatic carbocycles. The van der Waals surface area contributed by atoms with E-state index >= 15 is 0 Å². The monoisotopic (exact) mass is 929 g/mol. The molecule has 3 aromatic rings. The molecule has 3 aromatic carbocycles. The van der Waals surface area contributed by atoms with Crippen LogP contribution in [0.15, 0.2) is 118 Å². The van der Waals surface area contributed by atoms with E-state index in [1.165, 1.54) is 24.3 Å². The summed E-state index contributed by atoms with van der Waals surface area (Å²) in [6.45, 7) is 8.56. The van der Waals surface area contributed by atoms with Crippen molar-refractivity contribution < 1.29 is 56.5 Å². The fourth-order valence-electron chi connectivity index (χ4n) is 8.81. The molecule has 2 aliphatic heterocycles. The van der Waals surface area contributed by atoms with Crippen molar-refractivity contribution in [3.8, 4) is 0 Å². The van der Waals surface area contributed by atoms with Crippen LogP contribution < -0.4 is 4.90 Å². The number of benzene rings is 3. The van der Waals surface area contributed by atoms with Crippen molar-refractivity contribution in [2.75, 3.05) is 29.5 Å². The molecule has 3 aliphatic rings. The van der Waals surface area contributed by atoms with Crippen LogP contribution in [0.5, 0.6) is 0 Å². The molecule has 0 unspecified atom stereocenters. The van der Waals surface area contributed by atoms with Crippen molar-refractivity contribution in [3.63, 3.8) is 0 Å². The number of nitrogens with zero attached hydrogens (tertiary/aromatic N) is 2. The molecule has 0 atom stereocenters.